The molecule has 0 aliphatic carbocycles. The van der Waals surface area contributed by atoms with Gasteiger partial charge in [0.1, 0.15) is 11.9 Å². The second-order valence-corrected chi connectivity index (χ2v) is 4.25. The molecule has 2 N–H and O–H groups in total. The number of nitrogens with one attached hydrogen (secondary N) is 1. The summed E-state index contributed by atoms with van der Waals surface area (Å²) in [5.74, 6) is 4.54. The molecule has 2 heterocycles. The number of hydrogen-bond acceptors (Lipinski definition) is 3. The SMILES string of the molecule is O=C1CCC(Oc2cccpc2)C(O)N1. The van der Waals surface area contributed by atoms with Crippen LogP contribution in [0.2, 0.25) is 0 Å². The first-order valence-corrected chi connectivity index (χ1v) is 5.83. The van der Waals surface area contributed by atoms with Crippen molar-refractivity contribution in [3.63, 3.8) is 0 Å². The quantitative estimate of drug-likeness (QED) is 0.796. The van der Waals surface area contributed by atoms with Gasteiger partial charge in [-0.15, -0.1) is 0 Å². The highest BCUT2D eigenvalue weighted by Gasteiger charge is 2.28. The van der Waals surface area contributed by atoms with Gasteiger partial charge in [0.2, 0.25) is 5.91 Å². The molecule has 1 aromatic heterocycles. The van der Waals surface area contributed by atoms with Crippen LogP contribution in [0.5, 0.6) is 5.75 Å². The molecule has 4 nitrogen and oxygen atoms in total. The van der Waals surface area contributed by atoms with Crippen LogP contribution >= 0.6 is 8.19 Å². The Hall–Kier alpha value is -1.12. The lowest BCUT2D eigenvalue weighted by Gasteiger charge is -2.28. The van der Waals surface area contributed by atoms with Gasteiger partial charge < -0.3 is 15.2 Å². The van der Waals surface area contributed by atoms with Gasteiger partial charge in [-0.1, -0.05) is 14.3 Å². The topological polar surface area (TPSA) is 58.6 Å². The highest BCUT2D eigenvalue weighted by Crippen LogP contribution is 2.20. The fraction of sp³-hybridized carbons (Fsp3) is 0.400. The molecule has 1 aliphatic rings. The fourth-order valence-electron chi connectivity index (χ4n) is 1.48. The van der Waals surface area contributed by atoms with Gasteiger partial charge in [0.25, 0.3) is 0 Å². The molecule has 0 radical (unpaired) electrons. The van der Waals surface area contributed by atoms with Gasteiger partial charge in [0.05, 0.1) is 0 Å². The second kappa shape index (κ2) is 4.60. The van der Waals surface area contributed by atoms with Crippen LogP contribution < -0.4 is 10.1 Å². The van der Waals surface area contributed by atoms with Crippen molar-refractivity contribution < 1.29 is 14.6 Å². The highest BCUT2D eigenvalue weighted by molar-refractivity contribution is 7.28. The molecule has 5 heteroatoms. The number of ether oxygens (including phenoxy) is 1. The smallest absolute Gasteiger partial charge is 0.222 e. The van der Waals surface area contributed by atoms with E-state index >= 15 is 0 Å². The van der Waals surface area contributed by atoms with E-state index in [-0.39, 0.29) is 12.0 Å². The summed E-state index contributed by atoms with van der Waals surface area (Å²) in [4.78, 5) is 10.9. The minimum atomic E-state index is -0.900. The molecule has 15 heavy (non-hydrogen) atoms. The molecule has 0 saturated carbocycles. The summed E-state index contributed by atoms with van der Waals surface area (Å²) in [6, 6.07) is 3.75. The summed E-state index contributed by atoms with van der Waals surface area (Å²) in [5.41, 5.74) is 0. The molecule has 2 atom stereocenters. The maximum absolute atomic E-state index is 10.9. The Morgan fingerprint density at radius 1 is 1.60 bits per heavy atom. The zero-order valence-electron chi connectivity index (χ0n) is 8.09. The Balaban J connectivity index is 1.98. The molecule has 80 valence electrons. The molecule has 2 unspecified atom stereocenters. The summed E-state index contributed by atoms with van der Waals surface area (Å²) in [5, 5.41) is 12.0. The van der Waals surface area contributed by atoms with E-state index in [9.17, 15) is 9.90 Å². The monoisotopic (exact) mass is 225 g/mol. The predicted molar refractivity (Wildman–Crippen MR) is 56.8 cm³/mol. The number of amides is 1. The number of aliphatic hydroxyl groups is 1. The average Bonchev–Trinajstić information content (AvgIpc) is 2.24. The lowest BCUT2D eigenvalue weighted by molar-refractivity contribution is -0.131. The maximum atomic E-state index is 10.9. The number of carbonyl (C=O) groups excluding carboxylic acids is 1. The molecule has 2 rings (SSSR count). The largest absolute Gasteiger partial charge is 0.485 e. The third-order valence-electron chi connectivity index (χ3n) is 2.24. The van der Waals surface area contributed by atoms with Crippen LogP contribution in [0.3, 0.4) is 0 Å². The maximum Gasteiger partial charge on any atom is 0.222 e. The van der Waals surface area contributed by atoms with E-state index in [1.807, 2.05) is 23.7 Å². The third kappa shape index (κ3) is 2.67. The zero-order valence-corrected chi connectivity index (χ0v) is 8.98. The van der Waals surface area contributed by atoms with Crippen LogP contribution in [-0.4, -0.2) is 23.3 Å². The third-order valence-corrected chi connectivity index (χ3v) is 2.99. The summed E-state index contributed by atoms with van der Waals surface area (Å²) in [6.45, 7) is 0. The van der Waals surface area contributed by atoms with Crippen LogP contribution in [0.1, 0.15) is 12.8 Å². The van der Waals surface area contributed by atoms with Crippen LogP contribution in [0, 0.1) is 0 Å². The minimum absolute atomic E-state index is 0.123. The fourth-order valence-corrected chi connectivity index (χ4v) is 2.04. The summed E-state index contributed by atoms with van der Waals surface area (Å²) in [6.07, 6.45) is -0.281. The van der Waals surface area contributed by atoms with Gasteiger partial charge in [0.15, 0.2) is 6.23 Å². The Bertz CT molecular complexity index is 344. The summed E-state index contributed by atoms with van der Waals surface area (Å²) < 4.78 is 5.58. The molecular weight excluding hydrogens is 213 g/mol. The van der Waals surface area contributed by atoms with E-state index in [2.05, 4.69) is 5.32 Å². The predicted octanol–water partition coefficient (Wildman–Crippen LogP) is 1.24. The van der Waals surface area contributed by atoms with E-state index in [0.717, 1.165) is 13.9 Å². The van der Waals surface area contributed by atoms with Crippen molar-refractivity contribution in [1.82, 2.24) is 5.32 Å². The van der Waals surface area contributed by atoms with E-state index in [1.54, 1.807) is 0 Å². The molecule has 1 aromatic rings. The first kappa shape index (κ1) is 10.4. The molecular formula is C10H12NO3P. The normalized spacial score (nSPS) is 26.3. The van der Waals surface area contributed by atoms with Gasteiger partial charge in [-0.25, -0.2) is 0 Å². The van der Waals surface area contributed by atoms with Crippen LogP contribution in [-0.2, 0) is 4.79 Å². The van der Waals surface area contributed by atoms with Crippen molar-refractivity contribution in [3.8, 4) is 5.75 Å². The Morgan fingerprint density at radius 3 is 3.13 bits per heavy atom. The van der Waals surface area contributed by atoms with Crippen molar-refractivity contribution in [1.29, 1.82) is 0 Å². The first-order valence-electron chi connectivity index (χ1n) is 4.80. The van der Waals surface area contributed by atoms with Gasteiger partial charge >= 0.3 is 0 Å². The van der Waals surface area contributed by atoms with Crippen LogP contribution in [0.4, 0.5) is 0 Å². The molecule has 0 aromatic carbocycles. The number of carbonyl (C=O) groups is 1. The van der Waals surface area contributed by atoms with E-state index in [0.29, 0.717) is 12.8 Å². The van der Waals surface area contributed by atoms with Crippen molar-refractivity contribution in [2.45, 2.75) is 25.2 Å². The average molecular weight is 225 g/mol. The Kier molecular flexibility index (Phi) is 3.19. The van der Waals surface area contributed by atoms with Crippen molar-refractivity contribution in [2.24, 2.45) is 0 Å². The van der Waals surface area contributed by atoms with E-state index < -0.39 is 6.23 Å². The van der Waals surface area contributed by atoms with Gasteiger partial charge in [-0.3, -0.25) is 4.79 Å². The van der Waals surface area contributed by atoms with Gasteiger partial charge in [-0.2, -0.15) is 0 Å². The van der Waals surface area contributed by atoms with Gasteiger partial charge in [-0.05, 0) is 18.3 Å². The Labute approximate surface area is 89.4 Å². The lowest BCUT2D eigenvalue weighted by atomic mass is 10.1. The molecule has 1 aliphatic heterocycles. The molecule has 0 spiro atoms. The van der Waals surface area contributed by atoms with Crippen molar-refractivity contribution in [2.75, 3.05) is 0 Å². The Morgan fingerprint density at radius 2 is 2.47 bits per heavy atom. The van der Waals surface area contributed by atoms with Crippen LogP contribution in [0.25, 0.3) is 0 Å². The second-order valence-electron chi connectivity index (χ2n) is 3.40. The van der Waals surface area contributed by atoms with Crippen molar-refractivity contribution in [3.05, 3.63) is 23.7 Å². The van der Waals surface area contributed by atoms with E-state index in [1.165, 1.54) is 0 Å². The van der Waals surface area contributed by atoms with Crippen LogP contribution in [0.15, 0.2) is 23.7 Å². The van der Waals surface area contributed by atoms with E-state index in [4.69, 9.17) is 4.74 Å². The lowest BCUT2D eigenvalue weighted by Crippen LogP contribution is -2.50. The summed E-state index contributed by atoms with van der Waals surface area (Å²) in [7, 11) is 1.07. The number of hydrogen-bond donors (Lipinski definition) is 2. The number of piperidine rings is 1. The first-order chi connectivity index (χ1) is 7.25. The molecule has 1 saturated heterocycles. The standard InChI is InChI=1S/C10H12NO3P/c12-9-4-3-8(10(13)11-9)14-7-2-1-5-15-6-7/h1-2,5-6,8,10,13H,3-4H2,(H,11,12). The number of aliphatic hydroxyl groups excluding tert-OH is 1. The molecule has 0 bridgehead atoms. The van der Waals surface area contributed by atoms with Gasteiger partial charge in [0, 0.05) is 12.2 Å². The molecule has 1 amide bonds. The number of rotatable bonds is 2. The van der Waals surface area contributed by atoms with Crippen molar-refractivity contribution >= 4 is 14.1 Å². The zero-order chi connectivity index (χ0) is 10.7. The highest BCUT2D eigenvalue weighted by atomic mass is 31.0. The minimum Gasteiger partial charge on any atom is -0.485 e. The molecule has 1 fully saturated rings. The summed E-state index contributed by atoms with van der Waals surface area (Å²) >= 11 is 0.